The van der Waals surface area contributed by atoms with Crippen LogP contribution in [0.1, 0.15) is 21.5 Å². The van der Waals surface area contributed by atoms with E-state index in [1.54, 1.807) is 30.4 Å². The first-order valence-corrected chi connectivity index (χ1v) is 7.11. The zero-order chi connectivity index (χ0) is 16.1. The Labute approximate surface area is 133 Å². The third-order valence-corrected chi connectivity index (χ3v) is 3.42. The molecule has 1 aliphatic rings. The van der Waals surface area contributed by atoms with Gasteiger partial charge in [-0.05, 0) is 29.9 Å². The van der Waals surface area contributed by atoms with Gasteiger partial charge in [0.05, 0.1) is 0 Å². The number of ketones is 1. The summed E-state index contributed by atoms with van der Waals surface area (Å²) >= 11 is 0. The van der Waals surface area contributed by atoms with Crippen LogP contribution in [0.2, 0.25) is 0 Å². The molecule has 0 N–H and O–H groups in total. The number of ether oxygens (including phenoxy) is 2. The van der Waals surface area contributed by atoms with Crippen molar-refractivity contribution >= 4 is 24.2 Å². The summed E-state index contributed by atoms with van der Waals surface area (Å²) in [5.41, 5.74) is 2.02. The molecule has 0 aliphatic carbocycles. The third kappa shape index (κ3) is 3.21. The number of benzene rings is 2. The second kappa shape index (κ2) is 6.75. The fourth-order valence-electron chi connectivity index (χ4n) is 2.35. The lowest BCUT2D eigenvalue weighted by molar-refractivity contribution is -0.104. The van der Waals surface area contributed by atoms with Crippen molar-refractivity contribution in [3.05, 3.63) is 71.3 Å². The lowest BCUT2D eigenvalue weighted by Crippen LogP contribution is -1.97. The quantitative estimate of drug-likeness (QED) is 0.482. The Bertz CT molecular complexity index is 803. The number of carbonyl (C=O) groups excluding carboxylic acids is 2. The smallest absolute Gasteiger partial charge is 0.231 e. The normalized spacial score (nSPS) is 12.9. The maximum Gasteiger partial charge on any atom is 0.231 e. The van der Waals surface area contributed by atoms with Crippen LogP contribution in [-0.2, 0) is 4.79 Å². The van der Waals surface area contributed by atoms with Gasteiger partial charge in [-0.15, -0.1) is 0 Å². The van der Waals surface area contributed by atoms with E-state index in [-0.39, 0.29) is 12.6 Å². The van der Waals surface area contributed by atoms with Gasteiger partial charge in [0, 0.05) is 11.1 Å². The number of carbonyl (C=O) groups is 2. The van der Waals surface area contributed by atoms with Crippen LogP contribution in [0.5, 0.6) is 11.5 Å². The van der Waals surface area contributed by atoms with Gasteiger partial charge in [0.25, 0.3) is 0 Å². The first kappa shape index (κ1) is 14.8. The molecule has 0 atom stereocenters. The van der Waals surface area contributed by atoms with Crippen LogP contribution >= 0.6 is 0 Å². The minimum Gasteiger partial charge on any atom is -0.454 e. The molecule has 0 saturated heterocycles. The maximum atomic E-state index is 12.4. The first-order valence-electron chi connectivity index (χ1n) is 7.11. The van der Waals surface area contributed by atoms with Crippen LogP contribution in [0.3, 0.4) is 0 Å². The Morgan fingerprint density at radius 3 is 2.65 bits per heavy atom. The number of allylic oxidation sites excluding steroid dienone is 2. The molecule has 2 aromatic rings. The SMILES string of the molecule is O=C/C=C/c1ccccc1C(=O)/C=C/c1cccc2c1OCO2. The Hall–Kier alpha value is -3.14. The van der Waals surface area contributed by atoms with Crippen molar-refractivity contribution in [2.45, 2.75) is 0 Å². The van der Waals surface area contributed by atoms with Crippen molar-refractivity contribution in [1.82, 2.24) is 0 Å². The van der Waals surface area contributed by atoms with Crippen LogP contribution in [-0.4, -0.2) is 18.9 Å². The Morgan fingerprint density at radius 1 is 0.957 bits per heavy atom. The highest BCUT2D eigenvalue weighted by molar-refractivity contribution is 6.09. The van der Waals surface area contributed by atoms with Crippen molar-refractivity contribution in [2.24, 2.45) is 0 Å². The van der Waals surface area contributed by atoms with Crippen molar-refractivity contribution in [3.8, 4) is 11.5 Å². The molecule has 0 fully saturated rings. The summed E-state index contributed by atoms with van der Waals surface area (Å²) in [5, 5.41) is 0. The van der Waals surface area contributed by atoms with E-state index in [9.17, 15) is 9.59 Å². The summed E-state index contributed by atoms with van der Waals surface area (Å²) in [6.07, 6.45) is 6.86. The number of fused-ring (bicyclic) bond motifs is 1. The maximum absolute atomic E-state index is 12.4. The highest BCUT2D eigenvalue weighted by atomic mass is 16.7. The zero-order valence-corrected chi connectivity index (χ0v) is 12.3. The van der Waals surface area contributed by atoms with E-state index in [0.29, 0.717) is 28.9 Å². The van der Waals surface area contributed by atoms with Crippen LogP contribution < -0.4 is 9.47 Å². The van der Waals surface area contributed by atoms with Crippen LogP contribution in [0, 0.1) is 0 Å². The van der Waals surface area contributed by atoms with Gasteiger partial charge in [0.1, 0.15) is 6.29 Å². The van der Waals surface area contributed by atoms with Crippen molar-refractivity contribution in [2.75, 3.05) is 6.79 Å². The van der Waals surface area contributed by atoms with E-state index < -0.39 is 0 Å². The van der Waals surface area contributed by atoms with E-state index in [2.05, 4.69) is 0 Å². The van der Waals surface area contributed by atoms with Gasteiger partial charge in [0.15, 0.2) is 17.3 Å². The third-order valence-electron chi connectivity index (χ3n) is 3.42. The van der Waals surface area contributed by atoms with Crippen LogP contribution in [0.15, 0.2) is 54.6 Å². The molecular weight excluding hydrogens is 292 g/mol. The summed E-state index contributed by atoms with van der Waals surface area (Å²) in [6.45, 7) is 0.188. The largest absolute Gasteiger partial charge is 0.454 e. The molecule has 1 aliphatic heterocycles. The highest BCUT2D eigenvalue weighted by Crippen LogP contribution is 2.36. The van der Waals surface area contributed by atoms with Gasteiger partial charge >= 0.3 is 0 Å². The molecule has 1 heterocycles. The van der Waals surface area contributed by atoms with Gasteiger partial charge in [-0.3, -0.25) is 9.59 Å². The summed E-state index contributed by atoms with van der Waals surface area (Å²) in [5.74, 6) is 1.17. The van der Waals surface area contributed by atoms with E-state index >= 15 is 0 Å². The summed E-state index contributed by atoms with van der Waals surface area (Å²) in [6, 6.07) is 12.6. The second-order valence-corrected chi connectivity index (χ2v) is 4.86. The van der Waals surface area contributed by atoms with Crippen molar-refractivity contribution in [3.63, 3.8) is 0 Å². The molecule has 0 spiro atoms. The average molecular weight is 306 g/mol. The van der Waals surface area contributed by atoms with Gasteiger partial charge < -0.3 is 9.47 Å². The van der Waals surface area contributed by atoms with E-state index in [1.807, 2.05) is 24.3 Å². The Morgan fingerprint density at radius 2 is 1.78 bits per heavy atom. The minimum atomic E-state index is -0.146. The molecule has 2 aromatic carbocycles. The lowest BCUT2D eigenvalue weighted by Gasteiger charge is -2.02. The topological polar surface area (TPSA) is 52.6 Å². The van der Waals surface area contributed by atoms with Gasteiger partial charge in [0.2, 0.25) is 6.79 Å². The number of hydrogen-bond acceptors (Lipinski definition) is 4. The highest BCUT2D eigenvalue weighted by Gasteiger charge is 2.15. The van der Waals surface area contributed by atoms with E-state index in [1.165, 1.54) is 12.2 Å². The molecular formula is C19H14O4. The van der Waals surface area contributed by atoms with E-state index in [4.69, 9.17) is 9.47 Å². The summed E-state index contributed by atoms with van der Waals surface area (Å²) < 4.78 is 10.7. The predicted octanol–water partition coefficient (Wildman–Crippen LogP) is 3.52. The summed E-state index contributed by atoms with van der Waals surface area (Å²) in [4.78, 5) is 22.9. The standard InChI is InChI=1S/C19H14O4/c20-12-4-7-14-5-1-2-8-16(14)17(21)11-10-15-6-3-9-18-19(15)23-13-22-18/h1-12H,13H2/b7-4+,11-10+. The number of para-hydroxylation sites is 1. The zero-order valence-electron chi connectivity index (χ0n) is 12.3. The molecule has 4 heteroatoms. The van der Waals surface area contributed by atoms with Crippen LogP contribution in [0.25, 0.3) is 12.2 Å². The molecule has 0 bridgehead atoms. The molecule has 4 nitrogen and oxygen atoms in total. The molecule has 114 valence electrons. The Balaban J connectivity index is 1.87. The monoisotopic (exact) mass is 306 g/mol. The fourth-order valence-corrected chi connectivity index (χ4v) is 2.35. The average Bonchev–Trinajstić information content (AvgIpc) is 3.07. The molecule has 3 rings (SSSR count). The van der Waals surface area contributed by atoms with Crippen molar-refractivity contribution < 1.29 is 19.1 Å². The lowest BCUT2D eigenvalue weighted by atomic mass is 10.0. The molecule has 0 aromatic heterocycles. The first-order chi connectivity index (χ1) is 11.3. The molecule has 0 radical (unpaired) electrons. The molecule has 0 saturated carbocycles. The second-order valence-electron chi connectivity index (χ2n) is 4.86. The fraction of sp³-hybridized carbons (Fsp3) is 0.0526. The predicted molar refractivity (Wildman–Crippen MR) is 87.5 cm³/mol. The van der Waals surface area contributed by atoms with Gasteiger partial charge in [-0.25, -0.2) is 0 Å². The number of aldehydes is 1. The number of rotatable bonds is 5. The van der Waals surface area contributed by atoms with Crippen LogP contribution in [0.4, 0.5) is 0 Å². The van der Waals surface area contributed by atoms with Gasteiger partial charge in [-0.1, -0.05) is 42.5 Å². The minimum absolute atomic E-state index is 0.146. The number of hydrogen-bond donors (Lipinski definition) is 0. The van der Waals surface area contributed by atoms with Gasteiger partial charge in [-0.2, -0.15) is 0 Å². The van der Waals surface area contributed by atoms with E-state index in [0.717, 1.165) is 5.56 Å². The molecule has 0 amide bonds. The van der Waals surface area contributed by atoms with Crippen molar-refractivity contribution in [1.29, 1.82) is 0 Å². The molecule has 0 unspecified atom stereocenters. The summed E-state index contributed by atoms with van der Waals surface area (Å²) in [7, 11) is 0. The molecule has 23 heavy (non-hydrogen) atoms. The Kier molecular flexibility index (Phi) is 4.34.